The van der Waals surface area contributed by atoms with Gasteiger partial charge in [-0.25, -0.2) is 13.4 Å². The molecule has 0 radical (unpaired) electrons. The summed E-state index contributed by atoms with van der Waals surface area (Å²) in [6.07, 6.45) is 7.70. The van der Waals surface area contributed by atoms with Gasteiger partial charge < -0.3 is 9.88 Å². The largest absolute Gasteiger partial charge is 0.331 e. The molecule has 1 N–H and O–H groups in total. The summed E-state index contributed by atoms with van der Waals surface area (Å²) < 4.78 is 25.3. The monoisotopic (exact) mass is 283 g/mol. The maximum absolute atomic E-state index is 11.5. The van der Waals surface area contributed by atoms with Gasteiger partial charge in [0.1, 0.15) is 9.84 Å². The Labute approximate surface area is 114 Å². The van der Waals surface area contributed by atoms with Crippen LogP contribution in [0.5, 0.6) is 0 Å². The number of hydrogen-bond acceptors (Lipinski definition) is 4. The van der Waals surface area contributed by atoms with Gasteiger partial charge in [0.2, 0.25) is 0 Å². The van der Waals surface area contributed by atoms with Crippen LogP contribution >= 0.6 is 0 Å². The van der Waals surface area contributed by atoms with Crippen LogP contribution in [0.25, 0.3) is 0 Å². The van der Waals surface area contributed by atoms with E-state index in [1.54, 1.807) is 0 Å². The standard InChI is InChI=1S/C13H21N3O2S/c17-19(18)6-3-12(4-7-19)16-10-15-9-13(16)11-2-1-5-14-8-11/h9-12,14H,1-8H2. The summed E-state index contributed by atoms with van der Waals surface area (Å²) in [6.45, 7) is 2.11. The number of imidazole rings is 1. The van der Waals surface area contributed by atoms with Crippen molar-refractivity contribution < 1.29 is 8.42 Å². The van der Waals surface area contributed by atoms with E-state index >= 15 is 0 Å². The Hall–Kier alpha value is -0.880. The highest BCUT2D eigenvalue weighted by Gasteiger charge is 2.27. The quantitative estimate of drug-likeness (QED) is 0.883. The molecule has 1 atom stereocenters. The molecule has 0 spiro atoms. The van der Waals surface area contributed by atoms with Gasteiger partial charge in [-0.3, -0.25) is 0 Å². The molecule has 1 unspecified atom stereocenters. The van der Waals surface area contributed by atoms with Crippen LogP contribution < -0.4 is 5.32 Å². The first-order valence-electron chi connectivity index (χ1n) is 7.08. The first-order chi connectivity index (χ1) is 9.16. The topological polar surface area (TPSA) is 64.0 Å². The fraction of sp³-hybridized carbons (Fsp3) is 0.769. The third kappa shape index (κ3) is 2.84. The fourth-order valence-corrected chi connectivity index (χ4v) is 4.66. The molecule has 2 fully saturated rings. The molecular weight excluding hydrogens is 262 g/mol. The minimum Gasteiger partial charge on any atom is -0.331 e. The van der Waals surface area contributed by atoms with E-state index in [1.807, 2.05) is 12.5 Å². The minimum atomic E-state index is -2.79. The lowest BCUT2D eigenvalue weighted by Gasteiger charge is -2.29. The summed E-state index contributed by atoms with van der Waals surface area (Å²) in [5.41, 5.74) is 1.27. The minimum absolute atomic E-state index is 0.308. The van der Waals surface area contributed by atoms with Crippen molar-refractivity contribution in [3.05, 3.63) is 18.2 Å². The van der Waals surface area contributed by atoms with Gasteiger partial charge in [0.05, 0.1) is 17.8 Å². The molecule has 106 valence electrons. The number of hydrogen-bond donors (Lipinski definition) is 1. The van der Waals surface area contributed by atoms with Crippen LogP contribution in [0.3, 0.4) is 0 Å². The molecule has 0 amide bonds. The molecule has 2 aliphatic heterocycles. The Morgan fingerprint density at radius 1 is 1.26 bits per heavy atom. The SMILES string of the molecule is O=S1(=O)CCC(n2cncc2C2CCCNC2)CC1. The Morgan fingerprint density at radius 2 is 2.05 bits per heavy atom. The van der Waals surface area contributed by atoms with Crippen LogP contribution in [0.1, 0.15) is 43.3 Å². The second kappa shape index (κ2) is 5.25. The van der Waals surface area contributed by atoms with Crippen molar-refractivity contribution in [1.29, 1.82) is 0 Å². The van der Waals surface area contributed by atoms with Crippen molar-refractivity contribution in [2.75, 3.05) is 24.6 Å². The summed E-state index contributed by atoms with van der Waals surface area (Å²) in [4.78, 5) is 4.29. The molecule has 1 aromatic heterocycles. The first-order valence-corrected chi connectivity index (χ1v) is 8.91. The van der Waals surface area contributed by atoms with Gasteiger partial charge in [-0.15, -0.1) is 0 Å². The smallest absolute Gasteiger partial charge is 0.150 e. The van der Waals surface area contributed by atoms with Crippen molar-refractivity contribution in [2.24, 2.45) is 0 Å². The van der Waals surface area contributed by atoms with E-state index in [9.17, 15) is 8.42 Å². The summed E-state index contributed by atoms with van der Waals surface area (Å²) >= 11 is 0. The molecule has 1 aromatic rings. The molecule has 3 heterocycles. The average molecular weight is 283 g/mol. The third-order valence-corrected chi connectivity index (χ3v) is 6.04. The van der Waals surface area contributed by atoms with Crippen LogP contribution in [-0.2, 0) is 9.84 Å². The van der Waals surface area contributed by atoms with Crippen LogP contribution in [0.2, 0.25) is 0 Å². The predicted molar refractivity (Wildman–Crippen MR) is 74.0 cm³/mol. The van der Waals surface area contributed by atoms with Crippen molar-refractivity contribution in [1.82, 2.24) is 14.9 Å². The van der Waals surface area contributed by atoms with Crippen molar-refractivity contribution in [3.63, 3.8) is 0 Å². The van der Waals surface area contributed by atoms with Crippen molar-refractivity contribution in [2.45, 2.75) is 37.6 Å². The van der Waals surface area contributed by atoms with Gasteiger partial charge in [-0.2, -0.15) is 0 Å². The Morgan fingerprint density at radius 3 is 2.74 bits per heavy atom. The summed E-state index contributed by atoms with van der Waals surface area (Å²) in [5, 5.41) is 3.43. The molecule has 0 aromatic carbocycles. The number of rotatable bonds is 2. The molecule has 6 heteroatoms. The van der Waals surface area contributed by atoms with Gasteiger partial charge in [0.15, 0.2) is 0 Å². The lowest BCUT2D eigenvalue weighted by Crippen LogP contribution is -2.31. The summed E-state index contributed by atoms with van der Waals surface area (Å²) in [7, 11) is -2.79. The molecule has 2 aliphatic rings. The Bertz CT molecular complexity index is 518. The van der Waals surface area contributed by atoms with Gasteiger partial charge in [-0.05, 0) is 32.2 Å². The highest BCUT2D eigenvalue weighted by atomic mass is 32.2. The van der Waals surface area contributed by atoms with Gasteiger partial charge in [0, 0.05) is 30.4 Å². The molecule has 19 heavy (non-hydrogen) atoms. The number of sulfone groups is 1. The maximum atomic E-state index is 11.5. The van der Waals surface area contributed by atoms with E-state index in [0.29, 0.717) is 23.5 Å². The average Bonchev–Trinajstić information content (AvgIpc) is 2.89. The normalized spacial score (nSPS) is 28.3. The highest BCUT2D eigenvalue weighted by Crippen LogP contribution is 2.30. The van der Waals surface area contributed by atoms with E-state index in [2.05, 4.69) is 14.9 Å². The Kier molecular flexibility index (Phi) is 3.62. The first kappa shape index (κ1) is 13.1. The summed E-state index contributed by atoms with van der Waals surface area (Å²) in [6, 6.07) is 0.308. The molecule has 0 bridgehead atoms. The molecule has 0 saturated carbocycles. The van der Waals surface area contributed by atoms with E-state index in [0.717, 1.165) is 25.9 Å². The van der Waals surface area contributed by atoms with Crippen LogP contribution in [-0.4, -0.2) is 42.6 Å². The third-order valence-electron chi connectivity index (χ3n) is 4.33. The lowest BCUT2D eigenvalue weighted by atomic mass is 9.96. The predicted octanol–water partition coefficient (Wildman–Crippen LogP) is 1.10. The zero-order valence-corrected chi connectivity index (χ0v) is 11.9. The zero-order chi connectivity index (χ0) is 13.3. The van der Waals surface area contributed by atoms with Crippen molar-refractivity contribution in [3.8, 4) is 0 Å². The van der Waals surface area contributed by atoms with Gasteiger partial charge in [-0.1, -0.05) is 0 Å². The molecule has 5 nitrogen and oxygen atoms in total. The molecule has 2 saturated heterocycles. The highest BCUT2D eigenvalue weighted by molar-refractivity contribution is 7.91. The molecule has 0 aliphatic carbocycles. The van der Waals surface area contributed by atoms with Crippen LogP contribution in [0, 0.1) is 0 Å². The number of nitrogens with one attached hydrogen (secondary N) is 1. The number of nitrogens with zero attached hydrogens (tertiary/aromatic N) is 2. The Balaban J connectivity index is 1.76. The second-order valence-electron chi connectivity index (χ2n) is 5.65. The second-order valence-corrected chi connectivity index (χ2v) is 7.96. The molecular formula is C13H21N3O2S. The lowest BCUT2D eigenvalue weighted by molar-refractivity contribution is 0.397. The van der Waals surface area contributed by atoms with E-state index in [-0.39, 0.29) is 0 Å². The van der Waals surface area contributed by atoms with Crippen LogP contribution in [0.15, 0.2) is 12.5 Å². The van der Waals surface area contributed by atoms with E-state index in [4.69, 9.17) is 0 Å². The van der Waals surface area contributed by atoms with Gasteiger partial charge >= 0.3 is 0 Å². The van der Waals surface area contributed by atoms with Gasteiger partial charge in [0.25, 0.3) is 0 Å². The maximum Gasteiger partial charge on any atom is 0.150 e. The van der Waals surface area contributed by atoms with E-state index in [1.165, 1.54) is 18.5 Å². The number of aromatic nitrogens is 2. The zero-order valence-electron chi connectivity index (χ0n) is 11.1. The van der Waals surface area contributed by atoms with Crippen molar-refractivity contribution >= 4 is 9.84 Å². The molecule has 3 rings (SSSR count). The van der Waals surface area contributed by atoms with Crippen LogP contribution in [0.4, 0.5) is 0 Å². The fourth-order valence-electron chi connectivity index (χ4n) is 3.20. The number of piperidine rings is 1. The van der Waals surface area contributed by atoms with E-state index < -0.39 is 9.84 Å². The summed E-state index contributed by atoms with van der Waals surface area (Å²) in [5.74, 6) is 1.16.